The Labute approximate surface area is 101 Å². The summed E-state index contributed by atoms with van der Waals surface area (Å²) in [5.74, 6) is 0.340. The van der Waals surface area contributed by atoms with Gasteiger partial charge in [0, 0.05) is 18.3 Å². The van der Waals surface area contributed by atoms with Gasteiger partial charge in [-0.3, -0.25) is 4.79 Å². The first-order valence-electron chi connectivity index (χ1n) is 5.92. The molecule has 1 aromatic rings. The van der Waals surface area contributed by atoms with Crippen molar-refractivity contribution in [2.45, 2.75) is 31.8 Å². The lowest BCUT2D eigenvalue weighted by Gasteiger charge is -2.31. The highest BCUT2D eigenvalue weighted by Crippen LogP contribution is 2.14. The quantitative estimate of drug-likeness (QED) is 0.720. The molecule has 1 aromatic heterocycles. The highest BCUT2D eigenvalue weighted by molar-refractivity contribution is 5.92. The van der Waals surface area contributed by atoms with E-state index >= 15 is 0 Å². The number of nitrogens with zero attached hydrogens (tertiary/aromatic N) is 1. The standard InChI is InChI=1S/C12H18N4O/c1-8-10(3-2-6-14-8)16-11-5-4-9(7-15-11)12(13)17/h4-5,7-8,10,14H,2-3,6H2,1H3,(H2,13,17)(H,15,16). The Bertz CT molecular complexity index is 390. The third-order valence-corrected chi connectivity index (χ3v) is 3.14. The molecule has 1 saturated heterocycles. The summed E-state index contributed by atoms with van der Waals surface area (Å²) >= 11 is 0. The lowest BCUT2D eigenvalue weighted by atomic mass is 10.00. The van der Waals surface area contributed by atoms with Gasteiger partial charge in [0.25, 0.3) is 0 Å². The smallest absolute Gasteiger partial charge is 0.250 e. The molecule has 1 aliphatic rings. The Balaban J connectivity index is 2.00. The summed E-state index contributed by atoms with van der Waals surface area (Å²) in [7, 11) is 0. The zero-order valence-electron chi connectivity index (χ0n) is 9.94. The second kappa shape index (κ2) is 5.14. The molecule has 17 heavy (non-hydrogen) atoms. The minimum atomic E-state index is -0.447. The van der Waals surface area contributed by atoms with Crippen LogP contribution in [0.1, 0.15) is 30.1 Å². The molecule has 0 aliphatic carbocycles. The van der Waals surface area contributed by atoms with E-state index in [0.717, 1.165) is 18.8 Å². The van der Waals surface area contributed by atoms with Crippen LogP contribution in [0.5, 0.6) is 0 Å². The molecular weight excluding hydrogens is 216 g/mol. The molecule has 2 unspecified atom stereocenters. The van der Waals surface area contributed by atoms with Gasteiger partial charge in [0.1, 0.15) is 5.82 Å². The number of piperidine rings is 1. The van der Waals surface area contributed by atoms with Crippen LogP contribution in [0.15, 0.2) is 18.3 Å². The van der Waals surface area contributed by atoms with Crippen LogP contribution in [0.4, 0.5) is 5.82 Å². The van der Waals surface area contributed by atoms with Gasteiger partial charge in [0.15, 0.2) is 0 Å². The van der Waals surface area contributed by atoms with E-state index in [1.54, 1.807) is 12.1 Å². The fourth-order valence-corrected chi connectivity index (χ4v) is 2.06. The summed E-state index contributed by atoms with van der Waals surface area (Å²) in [6, 6.07) is 4.30. The molecule has 1 amide bonds. The van der Waals surface area contributed by atoms with Crippen molar-refractivity contribution in [3.63, 3.8) is 0 Å². The van der Waals surface area contributed by atoms with Crippen LogP contribution in [0.25, 0.3) is 0 Å². The summed E-state index contributed by atoms with van der Waals surface area (Å²) in [6.45, 7) is 3.24. The van der Waals surface area contributed by atoms with E-state index < -0.39 is 5.91 Å². The summed E-state index contributed by atoms with van der Waals surface area (Å²) < 4.78 is 0. The number of amides is 1. The zero-order valence-corrected chi connectivity index (χ0v) is 9.94. The Hall–Kier alpha value is -1.62. The number of carbonyl (C=O) groups excluding carboxylic acids is 1. The highest BCUT2D eigenvalue weighted by Gasteiger charge is 2.20. The van der Waals surface area contributed by atoms with Crippen LogP contribution in [-0.4, -0.2) is 29.5 Å². The Morgan fingerprint density at radius 1 is 1.59 bits per heavy atom. The number of hydrogen-bond acceptors (Lipinski definition) is 4. The normalized spacial score (nSPS) is 24.3. The van der Waals surface area contributed by atoms with E-state index in [1.165, 1.54) is 12.6 Å². The van der Waals surface area contributed by atoms with E-state index in [1.807, 2.05) is 0 Å². The lowest BCUT2D eigenvalue weighted by molar-refractivity contribution is 0.1000. The maximum Gasteiger partial charge on any atom is 0.250 e. The molecule has 2 atom stereocenters. The van der Waals surface area contributed by atoms with Gasteiger partial charge >= 0.3 is 0 Å². The molecule has 1 aliphatic heterocycles. The van der Waals surface area contributed by atoms with Crippen LogP contribution in [0.3, 0.4) is 0 Å². The van der Waals surface area contributed by atoms with Crippen molar-refractivity contribution >= 4 is 11.7 Å². The molecule has 5 heteroatoms. The van der Waals surface area contributed by atoms with E-state index in [2.05, 4.69) is 22.5 Å². The van der Waals surface area contributed by atoms with E-state index in [-0.39, 0.29) is 0 Å². The number of hydrogen-bond donors (Lipinski definition) is 3. The molecule has 2 heterocycles. The molecule has 92 valence electrons. The van der Waals surface area contributed by atoms with Crippen molar-refractivity contribution in [3.8, 4) is 0 Å². The van der Waals surface area contributed by atoms with Crippen molar-refractivity contribution in [1.29, 1.82) is 0 Å². The first kappa shape index (κ1) is 11.9. The SMILES string of the molecule is CC1NCCCC1Nc1ccc(C(N)=O)cn1. The molecular formula is C12H18N4O. The van der Waals surface area contributed by atoms with E-state index in [0.29, 0.717) is 17.6 Å². The molecule has 0 saturated carbocycles. The zero-order chi connectivity index (χ0) is 12.3. The minimum Gasteiger partial charge on any atom is -0.366 e. The number of nitrogens with two attached hydrogens (primary N) is 1. The van der Waals surface area contributed by atoms with Crippen LogP contribution >= 0.6 is 0 Å². The number of anilines is 1. The van der Waals surface area contributed by atoms with Crippen molar-refractivity contribution in [2.24, 2.45) is 5.73 Å². The molecule has 5 nitrogen and oxygen atoms in total. The molecule has 0 spiro atoms. The monoisotopic (exact) mass is 234 g/mol. The molecule has 0 radical (unpaired) electrons. The fraction of sp³-hybridized carbons (Fsp3) is 0.500. The van der Waals surface area contributed by atoms with Gasteiger partial charge in [-0.2, -0.15) is 0 Å². The predicted molar refractivity (Wildman–Crippen MR) is 66.9 cm³/mol. The number of primary amides is 1. The minimum absolute atomic E-state index is 0.385. The number of nitrogens with one attached hydrogen (secondary N) is 2. The average Bonchev–Trinajstić information content (AvgIpc) is 2.33. The predicted octanol–water partition coefficient (Wildman–Crippen LogP) is 0.733. The van der Waals surface area contributed by atoms with Crippen LogP contribution in [-0.2, 0) is 0 Å². The maximum absolute atomic E-state index is 10.9. The average molecular weight is 234 g/mol. The van der Waals surface area contributed by atoms with Crippen molar-refractivity contribution in [1.82, 2.24) is 10.3 Å². The molecule has 1 fully saturated rings. The number of pyridine rings is 1. The lowest BCUT2D eigenvalue weighted by Crippen LogP contribution is -2.46. The molecule has 0 bridgehead atoms. The van der Waals surface area contributed by atoms with Crippen LogP contribution < -0.4 is 16.4 Å². The first-order chi connectivity index (χ1) is 8.16. The molecule has 2 rings (SSSR count). The van der Waals surface area contributed by atoms with Gasteiger partial charge in [-0.25, -0.2) is 4.98 Å². The van der Waals surface area contributed by atoms with Crippen molar-refractivity contribution < 1.29 is 4.79 Å². The Morgan fingerprint density at radius 2 is 2.41 bits per heavy atom. The largest absolute Gasteiger partial charge is 0.366 e. The second-order valence-corrected chi connectivity index (χ2v) is 4.43. The van der Waals surface area contributed by atoms with Crippen molar-refractivity contribution in [2.75, 3.05) is 11.9 Å². The summed E-state index contributed by atoms with van der Waals surface area (Å²) in [6.07, 6.45) is 3.81. The summed E-state index contributed by atoms with van der Waals surface area (Å²) in [5.41, 5.74) is 5.60. The fourth-order valence-electron chi connectivity index (χ4n) is 2.06. The van der Waals surface area contributed by atoms with E-state index in [4.69, 9.17) is 5.73 Å². The van der Waals surface area contributed by atoms with Gasteiger partial charge in [-0.05, 0) is 38.4 Å². The summed E-state index contributed by atoms with van der Waals surface area (Å²) in [4.78, 5) is 15.1. The van der Waals surface area contributed by atoms with Gasteiger partial charge in [-0.15, -0.1) is 0 Å². The van der Waals surface area contributed by atoms with Gasteiger partial charge in [0.05, 0.1) is 5.56 Å². The third kappa shape index (κ3) is 2.94. The van der Waals surface area contributed by atoms with Crippen molar-refractivity contribution in [3.05, 3.63) is 23.9 Å². The number of carbonyl (C=O) groups is 1. The van der Waals surface area contributed by atoms with Crippen LogP contribution in [0.2, 0.25) is 0 Å². The van der Waals surface area contributed by atoms with Gasteiger partial charge in [-0.1, -0.05) is 0 Å². The van der Waals surface area contributed by atoms with Crippen LogP contribution in [0, 0.1) is 0 Å². The van der Waals surface area contributed by atoms with Gasteiger partial charge in [0.2, 0.25) is 5.91 Å². The third-order valence-electron chi connectivity index (χ3n) is 3.14. The maximum atomic E-state index is 10.9. The highest BCUT2D eigenvalue weighted by atomic mass is 16.1. The number of rotatable bonds is 3. The number of aromatic nitrogens is 1. The molecule has 4 N–H and O–H groups in total. The van der Waals surface area contributed by atoms with Gasteiger partial charge < -0.3 is 16.4 Å². The van der Waals surface area contributed by atoms with E-state index in [9.17, 15) is 4.79 Å². The Morgan fingerprint density at radius 3 is 3.00 bits per heavy atom. The molecule has 0 aromatic carbocycles. The topological polar surface area (TPSA) is 80.0 Å². The second-order valence-electron chi connectivity index (χ2n) is 4.43. The Kier molecular flexibility index (Phi) is 3.58. The summed E-state index contributed by atoms with van der Waals surface area (Å²) in [5, 5.41) is 6.79. The first-order valence-corrected chi connectivity index (χ1v) is 5.92.